The molecule has 0 amide bonds. The summed E-state index contributed by atoms with van der Waals surface area (Å²) in [6.07, 6.45) is 1.71. The summed E-state index contributed by atoms with van der Waals surface area (Å²) in [4.78, 5) is 17.1. The van der Waals surface area contributed by atoms with Gasteiger partial charge in [0.2, 0.25) is 0 Å². The number of rotatable bonds is 5. The van der Waals surface area contributed by atoms with Gasteiger partial charge in [0.15, 0.2) is 5.65 Å². The van der Waals surface area contributed by atoms with Crippen LogP contribution in [0.2, 0.25) is 5.02 Å². The number of aromatic nitrogens is 3. The van der Waals surface area contributed by atoms with Crippen molar-refractivity contribution < 1.29 is 14.3 Å². The zero-order valence-corrected chi connectivity index (χ0v) is 15.0. The highest BCUT2D eigenvalue weighted by molar-refractivity contribution is 6.31. The third-order valence-electron chi connectivity index (χ3n) is 3.94. The molecule has 0 bridgehead atoms. The molecule has 0 fully saturated rings. The molecule has 6 nitrogen and oxygen atoms in total. The van der Waals surface area contributed by atoms with E-state index in [1.807, 2.05) is 25.1 Å². The van der Waals surface area contributed by atoms with Gasteiger partial charge in [0.1, 0.15) is 0 Å². The molecule has 0 saturated heterocycles. The number of fused-ring (bicyclic) bond motifs is 1. The van der Waals surface area contributed by atoms with Crippen LogP contribution in [0.25, 0.3) is 22.2 Å². The van der Waals surface area contributed by atoms with Crippen LogP contribution in [-0.4, -0.2) is 35.0 Å². The molecular formula is C18H18ClN3O3. The normalized spacial score (nSPS) is 11.0. The van der Waals surface area contributed by atoms with E-state index in [9.17, 15) is 4.79 Å². The molecular weight excluding hydrogens is 342 g/mol. The Morgan fingerprint density at radius 1 is 1.32 bits per heavy atom. The van der Waals surface area contributed by atoms with Gasteiger partial charge in [0.25, 0.3) is 0 Å². The van der Waals surface area contributed by atoms with Crippen LogP contribution in [-0.2, 0) is 22.6 Å². The molecule has 0 N–H and O–H groups in total. The van der Waals surface area contributed by atoms with Gasteiger partial charge in [-0.2, -0.15) is 5.10 Å². The molecule has 0 aliphatic heterocycles. The smallest absolute Gasteiger partial charge is 0.340 e. The van der Waals surface area contributed by atoms with E-state index in [1.165, 1.54) is 7.11 Å². The first-order chi connectivity index (χ1) is 12.1. The topological polar surface area (TPSA) is 66.2 Å². The van der Waals surface area contributed by atoms with Crippen molar-refractivity contribution in [1.82, 2.24) is 14.8 Å². The number of ether oxygens (including phenoxy) is 2. The number of carbonyl (C=O) groups excluding carboxylic acids is 1. The highest BCUT2D eigenvalue weighted by atomic mass is 35.5. The summed E-state index contributed by atoms with van der Waals surface area (Å²) < 4.78 is 12.0. The van der Waals surface area contributed by atoms with Gasteiger partial charge in [-0.3, -0.25) is 0 Å². The van der Waals surface area contributed by atoms with Crippen molar-refractivity contribution in [3.63, 3.8) is 0 Å². The molecule has 25 heavy (non-hydrogen) atoms. The average molecular weight is 360 g/mol. The summed E-state index contributed by atoms with van der Waals surface area (Å²) >= 11 is 6.17. The average Bonchev–Trinajstić information content (AvgIpc) is 3.02. The van der Waals surface area contributed by atoms with Crippen molar-refractivity contribution in [2.75, 3.05) is 14.2 Å². The van der Waals surface area contributed by atoms with Crippen LogP contribution in [0, 0.1) is 0 Å². The Morgan fingerprint density at radius 3 is 2.76 bits per heavy atom. The SMILES string of the molecule is CCn1ncc2c(-c3cccc(Cl)c3)c(C(=O)OC)c(COC)nc21. The van der Waals surface area contributed by atoms with Crippen molar-refractivity contribution in [1.29, 1.82) is 0 Å². The van der Waals surface area contributed by atoms with Crippen molar-refractivity contribution in [3.05, 3.63) is 46.7 Å². The molecule has 130 valence electrons. The molecule has 3 aromatic rings. The maximum atomic E-state index is 12.5. The molecule has 0 radical (unpaired) electrons. The molecule has 0 saturated carbocycles. The van der Waals surface area contributed by atoms with E-state index >= 15 is 0 Å². The minimum atomic E-state index is -0.472. The third-order valence-corrected chi connectivity index (χ3v) is 4.18. The summed E-state index contributed by atoms with van der Waals surface area (Å²) in [5.74, 6) is -0.472. The first kappa shape index (κ1) is 17.4. The molecule has 0 unspecified atom stereocenters. The van der Waals surface area contributed by atoms with Gasteiger partial charge in [-0.25, -0.2) is 14.5 Å². The van der Waals surface area contributed by atoms with E-state index in [-0.39, 0.29) is 6.61 Å². The lowest BCUT2D eigenvalue weighted by Gasteiger charge is -2.14. The first-order valence-electron chi connectivity index (χ1n) is 7.82. The minimum absolute atomic E-state index is 0.183. The number of halogens is 1. The lowest BCUT2D eigenvalue weighted by Crippen LogP contribution is -2.12. The van der Waals surface area contributed by atoms with Crippen LogP contribution in [0.5, 0.6) is 0 Å². The number of methoxy groups -OCH3 is 2. The van der Waals surface area contributed by atoms with Crippen molar-refractivity contribution in [2.45, 2.75) is 20.1 Å². The summed E-state index contributed by atoms with van der Waals surface area (Å²) in [6.45, 7) is 2.83. The number of benzene rings is 1. The van der Waals surface area contributed by atoms with E-state index < -0.39 is 5.97 Å². The van der Waals surface area contributed by atoms with Crippen LogP contribution in [0.15, 0.2) is 30.5 Å². The maximum absolute atomic E-state index is 12.5. The monoisotopic (exact) mass is 359 g/mol. The largest absolute Gasteiger partial charge is 0.465 e. The second kappa shape index (κ2) is 7.21. The number of esters is 1. The van der Waals surface area contributed by atoms with E-state index in [1.54, 1.807) is 24.1 Å². The van der Waals surface area contributed by atoms with Gasteiger partial charge in [-0.1, -0.05) is 23.7 Å². The number of hydrogen-bond donors (Lipinski definition) is 0. The Bertz CT molecular complexity index is 937. The highest BCUT2D eigenvalue weighted by Gasteiger charge is 2.24. The van der Waals surface area contributed by atoms with Gasteiger partial charge in [-0.05, 0) is 24.6 Å². The van der Waals surface area contributed by atoms with Crippen molar-refractivity contribution in [2.24, 2.45) is 0 Å². The Balaban J connectivity index is 2.44. The Morgan fingerprint density at radius 2 is 2.12 bits per heavy atom. The summed E-state index contributed by atoms with van der Waals surface area (Å²) in [7, 11) is 2.91. The zero-order valence-electron chi connectivity index (χ0n) is 14.2. The zero-order chi connectivity index (χ0) is 18.0. The van der Waals surface area contributed by atoms with E-state index in [2.05, 4.69) is 10.1 Å². The molecule has 0 aliphatic carbocycles. The summed E-state index contributed by atoms with van der Waals surface area (Å²) in [5.41, 5.74) is 3.07. The Kier molecular flexibility index (Phi) is 5.01. The van der Waals surface area contributed by atoms with Gasteiger partial charge >= 0.3 is 5.97 Å². The van der Waals surface area contributed by atoms with Gasteiger partial charge < -0.3 is 9.47 Å². The fourth-order valence-electron chi connectivity index (χ4n) is 2.87. The number of nitrogens with zero attached hydrogens (tertiary/aromatic N) is 3. The summed E-state index contributed by atoms with van der Waals surface area (Å²) in [5, 5.41) is 5.72. The minimum Gasteiger partial charge on any atom is -0.465 e. The van der Waals surface area contributed by atoms with E-state index in [4.69, 9.17) is 21.1 Å². The standard InChI is InChI=1S/C18H18ClN3O3/c1-4-22-17-13(9-20-22)15(11-6-5-7-12(19)8-11)16(18(23)25-3)14(21-17)10-24-2/h5-9H,4,10H2,1-3H3. The van der Waals surface area contributed by atoms with Crippen LogP contribution in [0.3, 0.4) is 0 Å². The molecule has 0 spiro atoms. The van der Waals surface area contributed by atoms with Gasteiger partial charge in [-0.15, -0.1) is 0 Å². The van der Waals surface area contributed by atoms with Crippen LogP contribution < -0.4 is 0 Å². The van der Waals surface area contributed by atoms with Gasteiger partial charge in [0.05, 0.1) is 31.2 Å². The summed E-state index contributed by atoms with van der Waals surface area (Å²) in [6, 6.07) is 7.33. The molecule has 0 aliphatic rings. The fraction of sp³-hybridized carbons (Fsp3) is 0.278. The predicted molar refractivity (Wildman–Crippen MR) is 95.7 cm³/mol. The predicted octanol–water partition coefficient (Wildman–Crippen LogP) is 3.70. The Hall–Kier alpha value is -2.44. The third kappa shape index (κ3) is 3.10. The van der Waals surface area contributed by atoms with Crippen LogP contribution in [0.4, 0.5) is 0 Å². The highest BCUT2D eigenvalue weighted by Crippen LogP contribution is 2.35. The fourth-order valence-corrected chi connectivity index (χ4v) is 3.06. The van der Waals surface area contributed by atoms with Gasteiger partial charge in [0, 0.05) is 29.6 Å². The van der Waals surface area contributed by atoms with Crippen LogP contribution in [0.1, 0.15) is 23.0 Å². The maximum Gasteiger partial charge on any atom is 0.340 e. The number of hydrogen-bond acceptors (Lipinski definition) is 5. The van der Waals surface area contributed by atoms with Crippen molar-refractivity contribution in [3.8, 4) is 11.1 Å². The van der Waals surface area contributed by atoms with E-state index in [0.717, 1.165) is 10.9 Å². The second-order valence-electron chi connectivity index (χ2n) is 5.44. The number of carbonyl (C=O) groups is 1. The number of aryl methyl sites for hydroxylation is 1. The first-order valence-corrected chi connectivity index (χ1v) is 8.20. The van der Waals surface area contributed by atoms with Crippen molar-refractivity contribution >= 4 is 28.6 Å². The molecule has 2 aromatic heterocycles. The lowest BCUT2D eigenvalue weighted by atomic mass is 9.96. The molecule has 7 heteroatoms. The van der Waals surface area contributed by atoms with E-state index in [0.29, 0.717) is 34.0 Å². The quantitative estimate of drug-likeness (QED) is 0.650. The molecule has 2 heterocycles. The lowest BCUT2D eigenvalue weighted by molar-refractivity contribution is 0.0596. The second-order valence-corrected chi connectivity index (χ2v) is 5.88. The molecule has 3 rings (SSSR count). The van der Waals surface area contributed by atoms with Crippen LogP contribution >= 0.6 is 11.6 Å². The molecule has 1 aromatic carbocycles. The molecule has 0 atom stereocenters. The Labute approximate surface area is 150 Å². The number of pyridine rings is 1.